The van der Waals surface area contributed by atoms with Crippen LogP contribution in [-0.4, -0.2) is 24.0 Å². The fourth-order valence-corrected chi connectivity index (χ4v) is 4.47. The number of carbonyl (C=O) groups is 1. The summed E-state index contributed by atoms with van der Waals surface area (Å²) in [7, 11) is 1.84. The lowest BCUT2D eigenvalue weighted by atomic mass is 9.91. The van der Waals surface area contributed by atoms with E-state index >= 15 is 0 Å². The van der Waals surface area contributed by atoms with Crippen molar-refractivity contribution in [1.82, 2.24) is 4.98 Å². The Labute approximate surface area is 145 Å². The predicted octanol–water partition coefficient (Wildman–Crippen LogP) is 3.98. The van der Waals surface area contributed by atoms with Crippen LogP contribution < -0.4 is 15.4 Å². The zero-order chi connectivity index (χ0) is 16.5. The summed E-state index contributed by atoms with van der Waals surface area (Å²) in [6, 6.07) is 8.21. The van der Waals surface area contributed by atoms with Gasteiger partial charge in [-0.2, -0.15) is 0 Å². The van der Waals surface area contributed by atoms with Crippen molar-refractivity contribution in [3.05, 3.63) is 34.7 Å². The van der Waals surface area contributed by atoms with Crippen LogP contribution in [0, 0.1) is 0 Å². The first kappa shape index (κ1) is 15.4. The molecule has 0 bridgehead atoms. The molecule has 0 saturated heterocycles. The number of ether oxygens (including phenoxy) is 1. The number of fused-ring (bicyclic) bond motifs is 1. The van der Waals surface area contributed by atoms with Crippen molar-refractivity contribution < 1.29 is 9.53 Å². The maximum Gasteiger partial charge on any atom is 0.226 e. The Morgan fingerprint density at radius 1 is 1.25 bits per heavy atom. The first-order valence-electron chi connectivity index (χ1n) is 8.48. The Bertz CT molecular complexity index is 735. The lowest BCUT2D eigenvalue weighted by Crippen LogP contribution is -2.22. The molecule has 2 aliphatic rings. The van der Waals surface area contributed by atoms with Gasteiger partial charge in [0.2, 0.25) is 5.91 Å². The van der Waals surface area contributed by atoms with Gasteiger partial charge in [0.05, 0.1) is 11.0 Å². The molecule has 6 heteroatoms. The van der Waals surface area contributed by atoms with Crippen molar-refractivity contribution in [2.45, 2.75) is 44.1 Å². The molecule has 2 N–H and O–H groups in total. The maximum atomic E-state index is 12.0. The average molecular weight is 343 g/mol. The van der Waals surface area contributed by atoms with Crippen molar-refractivity contribution in [3.8, 4) is 5.75 Å². The molecule has 5 nitrogen and oxygen atoms in total. The number of nitrogens with zero attached hydrogens (tertiary/aromatic N) is 1. The highest BCUT2D eigenvalue weighted by Gasteiger charge is 2.30. The molecule has 0 spiro atoms. The summed E-state index contributed by atoms with van der Waals surface area (Å²) < 4.78 is 6.03. The summed E-state index contributed by atoms with van der Waals surface area (Å²) in [5.41, 5.74) is 1.14. The summed E-state index contributed by atoms with van der Waals surface area (Å²) in [5, 5.41) is 6.75. The molecule has 4 rings (SSSR count). The van der Waals surface area contributed by atoms with E-state index in [1.807, 2.05) is 19.2 Å². The van der Waals surface area contributed by atoms with Crippen LogP contribution in [0.5, 0.6) is 5.75 Å². The summed E-state index contributed by atoms with van der Waals surface area (Å²) in [6.07, 6.45) is 5.66. The molecule has 1 saturated carbocycles. The van der Waals surface area contributed by atoms with Crippen LogP contribution in [0.2, 0.25) is 0 Å². The van der Waals surface area contributed by atoms with Gasteiger partial charge in [0, 0.05) is 19.4 Å². The Hall–Kier alpha value is -2.08. The van der Waals surface area contributed by atoms with E-state index in [4.69, 9.17) is 4.74 Å². The quantitative estimate of drug-likeness (QED) is 0.881. The highest BCUT2D eigenvalue weighted by Crippen LogP contribution is 2.42. The fourth-order valence-electron chi connectivity index (χ4n) is 3.47. The summed E-state index contributed by atoms with van der Waals surface area (Å²) in [5.74, 6) is 1.70. The van der Waals surface area contributed by atoms with E-state index in [1.165, 1.54) is 12.8 Å². The van der Waals surface area contributed by atoms with Gasteiger partial charge in [-0.3, -0.25) is 4.79 Å². The first-order chi connectivity index (χ1) is 11.7. The predicted molar refractivity (Wildman–Crippen MR) is 96.1 cm³/mol. The maximum absolute atomic E-state index is 12.0. The number of carbonyl (C=O) groups excluding carboxylic acids is 1. The third-order valence-corrected chi connectivity index (χ3v) is 5.91. The normalized spacial score (nSPS) is 20.5. The van der Waals surface area contributed by atoms with E-state index in [2.05, 4.69) is 27.8 Å². The van der Waals surface area contributed by atoms with Gasteiger partial charge in [0.1, 0.15) is 11.6 Å². The third-order valence-electron chi connectivity index (χ3n) is 4.72. The molecular formula is C18H21N3O2S. The largest absolute Gasteiger partial charge is 0.490 e. The number of amides is 1. The number of hydrogen-bond donors (Lipinski definition) is 2. The lowest BCUT2D eigenvalue weighted by molar-refractivity contribution is -0.116. The van der Waals surface area contributed by atoms with Crippen molar-refractivity contribution in [1.29, 1.82) is 0 Å². The van der Waals surface area contributed by atoms with Gasteiger partial charge in [-0.15, -0.1) is 0 Å². The van der Waals surface area contributed by atoms with Crippen LogP contribution in [-0.2, 0) is 4.79 Å². The van der Waals surface area contributed by atoms with E-state index in [9.17, 15) is 4.79 Å². The Morgan fingerprint density at radius 2 is 2.00 bits per heavy atom. The number of benzene rings is 1. The second-order valence-electron chi connectivity index (χ2n) is 6.38. The van der Waals surface area contributed by atoms with E-state index in [0.29, 0.717) is 18.3 Å². The minimum Gasteiger partial charge on any atom is -0.490 e. The van der Waals surface area contributed by atoms with Crippen LogP contribution in [0.3, 0.4) is 0 Å². The number of nitrogens with one attached hydrogen (secondary N) is 2. The van der Waals surface area contributed by atoms with Gasteiger partial charge in [-0.1, -0.05) is 23.5 Å². The van der Waals surface area contributed by atoms with Crippen molar-refractivity contribution in [2.24, 2.45) is 0 Å². The van der Waals surface area contributed by atoms with Crippen molar-refractivity contribution in [3.63, 3.8) is 0 Å². The molecule has 1 aromatic heterocycles. The Balaban J connectivity index is 1.57. The molecule has 0 radical (unpaired) electrons. The monoisotopic (exact) mass is 343 g/mol. The minimum atomic E-state index is 0.0201. The van der Waals surface area contributed by atoms with E-state index < -0.39 is 0 Å². The summed E-state index contributed by atoms with van der Waals surface area (Å²) >= 11 is 1.60. The van der Waals surface area contributed by atoms with Gasteiger partial charge < -0.3 is 15.4 Å². The zero-order valence-corrected chi connectivity index (χ0v) is 14.5. The Morgan fingerprint density at radius 3 is 2.71 bits per heavy atom. The number of rotatable bonds is 4. The van der Waals surface area contributed by atoms with Gasteiger partial charge in [0.25, 0.3) is 0 Å². The molecule has 0 unspecified atom stereocenters. The van der Waals surface area contributed by atoms with Crippen LogP contribution in [0.1, 0.15) is 48.5 Å². The molecule has 2 heterocycles. The van der Waals surface area contributed by atoms with Gasteiger partial charge in [-0.05, 0) is 43.4 Å². The van der Waals surface area contributed by atoms with Gasteiger partial charge >= 0.3 is 0 Å². The highest BCUT2D eigenvalue weighted by molar-refractivity contribution is 7.16. The minimum absolute atomic E-state index is 0.0201. The van der Waals surface area contributed by atoms with Gasteiger partial charge in [-0.25, -0.2) is 4.98 Å². The van der Waals surface area contributed by atoms with Crippen molar-refractivity contribution in [2.75, 3.05) is 17.7 Å². The second-order valence-corrected chi connectivity index (χ2v) is 7.41. The molecule has 1 amide bonds. The number of hydrogen-bond acceptors (Lipinski definition) is 5. The number of thiazole rings is 1. The zero-order valence-electron chi connectivity index (χ0n) is 13.7. The lowest BCUT2D eigenvalue weighted by Gasteiger charge is -2.22. The molecule has 1 atom stereocenters. The van der Waals surface area contributed by atoms with E-state index in [1.54, 1.807) is 11.3 Å². The molecule has 1 aliphatic heterocycles. The topological polar surface area (TPSA) is 63.3 Å². The fraction of sp³-hybridized carbons (Fsp3) is 0.444. The first-order valence-corrected chi connectivity index (χ1v) is 9.29. The SMILES string of the molecule is CNc1nc2c(s1)[C@@H](c1ccc(OC3CCCC3)cc1)CC(=O)N2. The number of aromatic nitrogens is 1. The van der Waals surface area contributed by atoms with E-state index in [-0.39, 0.29) is 11.8 Å². The standard InChI is InChI=1S/C18H21N3O2S/c1-19-18-21-17-16(24-18)14(10-15(22)20-17)11-6-8-13(9-7-11)23-12-4-2-3-5-12/h6-9,12,14H,2-5,10H2,1H3,(H,19,21)(H,20,22)/t14-/m1/s1. The Kier molecular flexibility index (Phi) is 4.14. The average Bonchev–Trinajstić information content (AvgIpc) is 3.24. The molecule has 1 aromatic carbocycles. The second kappa shape index (κ2) is 6.43. The van der Waals surface area contributed by atoms with Crippen LogP contribution in [0.4, 0.5) is 10.9 Å². The molecule has 24 heavy (non-hydrogen) atoms. The van der Waals surface area contributed by atoms with Crippen LogP contribution >= 0.6 is 11.3 Å². The van der Waals surface area contributed by atoms with Crippen LogP contribution in [0.15, 0.2) is 24.3 Å². The van der Waals surface area contributed by atoms with Crippen LogP contribution in [0.25, 0.3) is 0 Å². The molecular weight excluding hydrogens is 322 g/mol. The van der Waals surface area contributed by atoms with Crippen molar-refractivity contribution >= 4 is 28.2 Å². The molecule has 1 fully saturated rings. The molecule has 1 aliphatic carbocycles. The van der Waals surface area contributed by atoms with E-state index in [0.717, 1.165) is 34.2 Å². The summed E-state index contributed by atoms with van der Waals surface area (Å²) in [6.45, 7) is 0. The molecule has 2 aromatic rings. The van der Waals surface area contributed by atoms with Gasteiger partial charge in [0.15, 0.2) is 5.13 Å². The number of anilines is 2. The highest BCUT2D eigenvalue weighted by atomic mass is 32.1. The third kappa shape index (κ3) is 2.98. The summed E-state index contributed by atoms with van der Waals surface area (Å²) in [4.78, 5) is 17.6. The molecule has 126 valence electrons. The smallest absolute Gasteiger partial charge is 0.226 e.